The summed E-state index contributed by atoms with van der Waals surface area (Å²) in [6, 6.07) is 15.3. The van der Waals surface area contributed by atoms with Gasteiger partial charge in [-0.25, -0.2) is 4.39 Å². The molecule has 0 saturated carbocycles. The van der Waals surface area contributed by atoms with Crippen molar-refractivity contribution in [3.05, 3.63) is 59.9 Å². The molecule has 1 aromatic heterocycles. The molecule has 3 nitrogen and oxygen atoms in total. The average Bonchev–Trinajstić information content (AvgIpc) is 2.47. The SMILES string of the molecule is N#Cc1c(-c2ccc(F)cc2)nnc2ccccc12. The zero-order valence-electron chi connectivity index (χ0n) is 9.84. The zero-order valence-corrected chi connectivity index (χ0v) is 9.84. The molecule has 0 saturated heterocycles. The van der Waals surface area contributed by atoms with Gasteiger partial charge < -0.3 is 0 Å². The molecule has 2 aromatic carbocycles. The van der Waals surface area contributed by atoms with E-state index in [0.29, 0.717) is 22.3 Å². The van der Waals surface area contributed by atoms with Crippen LogP contribution in [0.3, 0.4) is 0 Å². The monoisotopic (exact) mass is 249 g/mol. The Morgan fingerprint density at radius 2 is 1.68 bits per heavy atom. The maximum absolute atomic E-state index is 12.9. The first kappa shape index (κ1) is 11.3. The summed E-state index contributed by atoms with van der Waals surface area (Å²) in [5, 5.41) is 18.3. The molecule has 3 aromatic rings. The van der Waals surface area contributed by atoms with E-state index in [9.17, 15) is 9.65 Å². The average molecular weight is 249 g/mol. The quantitative estimate of drug-likeness (QED) is 0.664. The lowest BCUT2D eigenvalue weighted by molar-refractivity contribution is 0.628. The third kappa shape index (κ3) is 1.91. The van der Waals surface area contributed by atoms with Crippen molar-refractivity contribution in [2.24, 2.45) is 0 Å². The van der Waals surface area contributed by atoms with Gasteiger partial charge in [-0.3, -0.25) is 0 Å². The van der Waals surface area contributed by atoms with Crippen LogP contribution in [0.2, 0.25) is 0 Å². The van der Waals surface area contributed by atoms with Gasteiger partial charge in [0.15, 0.2) is 0 Å². The molecule has 3 rings (SSSR count). The number of nitrogens with zero attached hydrogens (tertiary/aromatic N) is 3. The van der Waals surface area contributed by atoms with Crippen molar-refractivity contribution >= 4 is 10.9 Å². The van der Waals surface area contributed by atoms with Gasteiger partial charge >= 0.3 is 0 Å². The van der Waals surface area contributed by atoms with Crippen molar-refractivity contribution in [2.45, 2.75) is 0 Å². The van der Waals surface area contributed by atoms with E-state index < -0.39 is 0 Å². The van der Waals surface area contributed by atoms with Crippen molar-refractivity contribution in [2.75, 3.05) is 0 Å². The van der Waals surface area contributed by atoms with Gasteiger partial charge in [-0.05, 0) is 30.3 Å². The molecule has 19 heavy (non-hydrogen) atoms. The van der Waals surface area contributed by atoms with E-state index in [0.717, 1.165) is 5.39 Å². The topological polar surface area (TPSA) is 49.6 Å². The molecule has 0 unspecified atom stereocenters. The fraction of sp³-hybridized carbons (Fsp3) is 0. The Morgan fingerprint density at radius 3 is 2.42 bits per heavy atom. The van der Waals surface area contributed by atoms with Crippen LogP contribution in [0.4, 0.5) is 4.39 Å². The Morgan fingerprint density at radius 1 is 0.947 bits per heavy atom. The van der Waals surface area contributed by atoms with Gasteiger partial charge in [-0.1, -0.05) is 18.2 Å². The van der Waals surface area contributed by atoms with Gasteiger partial charge in [0, 0.05) is 10.9 Å². The van der Waals surface area contributed by atoms with E-state index in [1.165, 1.54) is 12.1 Å². The minimum Gasteiger partial charge on any atom is -0.207 e. The van der Waals surface area contributed by atoms with Crippen molar-refractivity contribution < 1.29 is 4.39 Å². The highest BCUT2D eigenvalue weighted by Gasteiger charge is 2.11. The molecule has 0 aliphatic carbocycles. The molecule has 0 radical (unpaired) electrons. The molecule has 0 aliphatic heterocycles. The highest BCUT2D eigenvalue weighted by atomic mass is 19.1. The van der Waals surface area contributed by atoms with E-state index in [1.54, 1.807) is 18.2 Å². The van der Waals surface area contributed by atoms with Crippen molar-refractivity contribution in [3.63, 3.8) is 0 Å². The second kappa shape index (κ2) is 4.46. The highest BCUT2D eigenvalue weighted by molar-refractivity contribution is 5.89. The number of fused-ring (bicyclic) bond motifs is 1. The fourth-order valence-corrected chi connectivity index (χ4v) is 1.98. The summed E-state index contributed by atoms with van der Waals surface area (Å²) in [7, 11) is 0. The van der Waals surface area contributed by atoms with E-state index in [4.69, 9.17) is 0 Å². The molecule has 0 atom stereocenters. The summed E-state index contributed by atoms with van der Waals surface area (Å²) in [5.74, 6) is -0.323. The predicted octanol–water partition coefficient (Wildman–Crippen LogP) is 3.31. The first-order valence-electron chi connectivity index (χ1n) is 5.71. The van der Waals surface area contributed by atoms with Crippen LogP contribution in [-0.4, -0.2) is 10.2 Å². The third-order valence-corrected chi connectivity index (χ3v) is 2.90. The van der Waals surface area contributed by atoms with Gasteiger partial charge in [0.2, 0.25) is 0 Å². The van der Waals surface area contributed by atoms with E-state index in [1.807, 2.05) is 18.2 Å². The van der Waals surface area contributed by atoms with Crippen LogP contribution in [0.25, 0.3) is 22.2 Å². The number of hydrogen-bond donors (Lipinski definition) is 0. The Labute approximate surface area is 109 Å². The van der Waals surface area contributed by atoms with Crippen LogP contribution in [0.5, 0.6) is 0 Å². The molecule has 0 bridgehead atoms. The molecule has 0 aliphatic rings. The molecular formula is C15H8FN3. The molecule has 0 spiro atoms. The second-order valence-corrected chi connectivity index (χ2v) is 4.06. The van der Waals surface area contributed by atoms with Crippen LogP contribution >= 0.6 is 0 Å². The number of hydrogen-bond acceptors (Lipinski definition) is 3. The van der Waals surface area contributed by atoms with E-state index in [2.05, 4.69) is 16.3 Å². The smallest absolute Gasteiger partial charge is 0.123 e. The summed E-state index contributed by atoms with van der Waals surface area (Å²) in [6.45, 7) is 0. The lowest BCUT2D eigenvalue weighted by atomic mass is 10.0. The standard InChI is InChI=1S/C15H8FN3/c16-11-7-5-10(6-8-11)15-13(9-17)12-3-1-2-4-14(12)18-19-15/h1-8H. The minimum atomic E-state index is -0.323. The number of benzene rings is 2. The van der Waals surface area contributed by atoms with E-state index >= 15 is 0 Å². The third-order valence-electron chi connectivity index (χ3n) is 2.90. The zero-order chi connectivity index (χ0) is 13.2. The molecule has 0 N–H and O–H groups in total. The minimum absolute atomic E-state index is 0.323. The van der Waals surface area contributed by atoms with Gasteiger partial charge in [-0.15, -0.1) is 10.2 Å². The van der Waals surface area contributed by atoms with Crippen LogP contribution in [-0.2, 0) is 0 Å². The molecule has 90 valence electrons. The van der Waals surface area contributed by atoms with Crippen molar-refractivity contribution in [1.29, 1.82) is 5.26 Å². The Hall–Kier alpha value is -2.80. The number of nitriles is 1. The normalized spacial score (nSPS) is 10.3. The van der Waals surface area contributed by atoms with Gasteiger partial charge in [-0.2, -0.15) is 5.26 Å². The van der Waals surface area contributed by atoms with E-state index in [-0.39, 0.29) is 5.82 Å². The van der Waals surface area contributed by atoms with Gasteiger partial charge in [0.25, 0.3) is 0 Å². The molecular weight excluding hydrogens is 241 g/mol. The summed E-state index contributed by atoms with van der Waals surface area (Å²) in [5.41, 5.74) is 2.28. The maximum Gasteiger partial charge on any atom is 0.123 e. The van der Waals surface area contributed by atoms with Crippen LogP contribution in [0.1, 0.15) is 5.56 Å². The Balaban J connectivity index is 2.30. The second-order valence-electron chi connectivity index (χ2n) is 4.06. The lowest BCUT2D eigenvalue weighted by Gasteiger charge is -2.05. The molecule has 1 heterocycles. The number of aromatic nitrogens is 2. The van der Waals surface area contributed by atoms with Crippen LogP contribution < -0.4 is 0 Å². The van der Waals surface area contributed by atoms with Crippen molar-refractivity contribution in [3.8, 4) is 17.3 Å². The Kier molecular flexibility index (Phi) is 2.66. The van der Waals surface area contributed by atoms with Crippen molar-refractivity contribution in [1.82, 2.24) is 10.2 Å². The maximum atomic E-state index is 12.9. The fourth-order valence-electron chi connectivity index (χ4n) is 1.98. The predicted molar refractivity (Wildman–Crippen MR) is 69.6 cm³/mol. The van der Waals surface area contributed by atoms with Crippen LogP contribution in [0.15, 0.2) is 48.5 Å². The molecule has 0 fully saturated rings. The highest BCUT2D eigenvalue weighted by Crippen LogP contribution is 2.26. The first-order valence-corrected chi connectivity index (χ1v) is 5.71. The Bertz CT molecular complexity index is 789. The largest absolute Gasteiger partial charge is 0.207 e. The summed E-state index contributed by atoms with van der Waals surface area (Å²) >= 11 is 0. The summed E-state index contributed by atoms with van der Waals surface area (Å²) < 4.78 is 12.9. The summed E-state index contributed by atoms with van der Waals surface area (Å²) in [4.78, 5) is 0. The molecule has 4 heteroatoms. The van der Waals surface area contributed by atoms with Gasteiger partial charge in [0.05, 0.1) is 11.1 Å². The lowest BCUT2D eigenvalue weighted by Crippen LogP contribution is -1.95. The van der Waals surface area contributed by atoms with Gasteiger partial charge in [0.1, 0.15) is 17.6 Å². The first-order chi connectivity index (χ1) is 9.29. The van der Waals surface area contributed by atoms with Crippen LogP contribution in [0, 0.1) is 17.1 Å². The number of halogens is 1. The molecule has 0 amide bonds. The number of rotatable bonds is 1. The summed E-state index contributed by atoms with van der Waals surface area (Å²) in [6.07, 6.45) is 0.